The molecule has 266 valence electrons. The average molecular weight is 749 g/mol. The summed E-state index contributed by atoms with van der Waals surface area (Å²) < 4.78 is 97.8. The predicted octanol–water partition coefficient (Wildman–Crippen LogP) is 4.29. The van der Waals surface area contributed by atoms with Gasteiger partial charge in [0.05, 0.1) is 16.4 Å². The molecule has 0 aromatic heterocycles. The normalized spacial score (nSPS) is 12.0. The van der Waals surface area contributed by atoms with E-state index in [1.807, 2.05) is 36.1 Å². The van der Waals surface area contributed by atoms with Gasteiger partial charge in [0, 0.05) is 30.0 Å². The van der Waals surface area contributed by atoms with Gasteiger partial charge in [0.2, 0.25) is 0 Å². The van der Waals surface area contributed by atoms with Gasteiger partial charge in [-0.1, -0.05) is 78.9 Å². The van der Waals surface area contributed by atoms with Gasteiger partial charge in [-0.2, -0.15) is 25.3 Å². The lowest BCUT2D eigenvalue weighted by Crippen LogP contribution is -2.22. The summed E-state index contributed by atoms with van der Waals surface area (Å²) >= 11 is 0. The zero-order valence-corrected chi connectivity index (χ0v) is 30.1. The Hall–Kier alpha value is -4.83. The molecule has 4 N–H and O–H groups in total. The van der Waals surface area contributed by atoms with Crippen LogP contribution in [0.1, 0.15) is 36.1 Å². The van der Waals surface area contributed by atoms with E-state index in [2.05, 4.69) is 0 Å². The molecule has 0 spiro atoms. The second kappa shape index (κ2) is 15.2. The quantitative estimate of drug-likeness (QED) is 0.122. The standard InChI is InChI=1S/C37H36N2O9S3/c1-3-39(25-26-9-7-11-32(23-26)49(40,41)42)31-21-19-28(20-22-31)36(34-13-5-6-14-35(34)50(43,44)45)27-15-17-29(18-16-27)37(38)30-10-8-12-33(24-30)51(46,47)48-4-2/h5-24H,3-4,25,38H2,1-2H3,(H,40,41,42)(H,43,44,45). The first-order chi connectivity index (χ1) is 24.1. The lowest BCUT2D eigenvalue weighted by molar-refractivity contribution is 0.338. The van der Waals surface area contributed by atoms with Crippen LogP contribution in [-0.4, -0.2) is 47.5 Å². The van der Waals surface area contributed by atoms with Crippen LogP contribution in [0, 0.1) is 0 Å². The summed E-state index contributed by atoms with van der Waals surface area (Å²) in [5.41, 5.74) is 10.1. The minimum Gasteiger partial charge on any atom is -0.398 e. The van der Waals surface area contributed by atoms with Crippen LogP contribution in [-0.2, 0) is 41.1 Å². The smallest absolute Gasteiger partial charge is 0.296 e. The molecule has 0 aliphatic heterocycles. The molecule has 0 fully saturated rings. The van der Waals surface area contributed by atoms with E-state index in [1.165, 1.54) is 36.4 Å². The second-order valence-electron chi connectivity index (χ2n) is 11.4. The van der Waals surface area contributed by atoms with Crippen molar-refractivity contribution in [1.82, 2.24) is 0 Å². The van der Waals surface area contributed by atoms with E-state index < -0.39 is 30.4 Å². The van der Waals surface area contributed by atoms with Crippen LogP contribution in [0.4, 0.5) is 5.69 Å². The topological polar surface area (TPSA) is 181 Å². The average Bonchev–Trinajstić information content (AvgIpc) is 3.11. The molecule has 0 saturated carbocycles. The Morgan fingerprint density at radius 1 is 0.667 bits per heavy atom. The molecule has 5 aromatic rings. The third kappa shape index (κ3) is 8.73. The first kappa shape index (κ1) is 37.4. The van der Waals surface area contributed by atoms with Crippen LogP contribution in [0.25, 0.3) is 11.3 Å². The van der Waals surface area contributed by atoms with Gasteiger partial charge in [0.1, 0.15) is 4.90 Å². The molecule has 5 rings (SSSR count). The molecule has 0 heterocycles. The molecule has 0 bridgehead atoms. The van der Waals surface area contributed by atoms with Crippen LogP contribution in [0.15, 0.2) is 136 Å². The fraction of sp³-hybridized carbons (Fsp3) is 0.135. The molecule has 0 saturated heterocycles. The van der Waals surface area contributed by atoms with Crippen LogP contribution in [0.2, 0.25) is 0 Å². The van der Waals surface area contributed by atoms with E-state index in [-0.39, 0.29) is 26.9 Å². The minimum atomic E-state index is -4.62. The summed E-state index contributed by atoms with van der Waals surface area (Å²) in [6, 6.07) is 32.6. The highest BCUT2D eigenvalue weighted by Crippen LogP contribution is 2.29. The van der Waals surface area contributed by atoms with Crippen LogP contribution in [0.3, 0.4) is 0 Å². The van der Waals surface area contributed by atoms with Crippen molar-refractivity contribution in [2.45, 2.75) is 35.1 Å². The molecule has 5 aromatic carbocycles. The summed E-state index contributed by atoms with van der Waals surface area (Å²) in [7, 11) is -12.9. The van der Waals surface area contributed by atoms with Gasteiger partial charge in [0.15, 0.2) is 0 Å². The van der Waals surface area contributed by atoms with E-state index in [9.17, 15) is 34.4 Å². The molecule has 51 heavy (non-hydrogen) atoms. The van der Waals surface area contributed by atoms with Gasteiger partial charge in [0.25, 0.3) is 30.4 Å². The minimum absolute atomic E-state index is 0.0134. The van der Waals surface area contributed by atoms with Crippen molar-refractivity contribution in [3.05, 3.63) is 154 Å². The third-order valence-corrected chi connectivity index (χ3v) is 11.2. The first-order valence-electron chi connectivity index (χ1n) is 15.7. The Morgan fingerprint density at radius 3 is 1.92 bits per heavy atom. The van der Waals surface area contributed by atoms with Crippen LogP contribution < -0.4 is 21.1 Å². The Morgan fingerprint density at radius 2 is 1.29 bits per heavy atom. The number of hydrogen-bond acceptors (Lipinski definition) is 9. The maximum absolute atomic E-state index is 12.5. The number of nitrogens with zero attached hydrogens (tertiary/aromatic N) is 1. The van der Waals surface area contributed by atoms with Gasteiger partial charge in [-0.3, -0.25) is 13.3 Å². The van der Waals surface area contributed by atoms with Gasteiger partial charge < -0.3 is 10.6 Å². The Kier molecular flexibility index (Phi) is 11.1. The highest BCUT2D eigenvalue weighted by Gasteiger charge is 2.20. The van der Waals surface area contributed by atoms with Crippen molar-refractivity contribution in [2.24, 2.45) is 5.73 Å². The van der Waals surface area contributed by atoms with Gasteiger partial charge in [-0.25, -0.2) is 0 Å². The van der Waals surface area contributed by atoms with E-state index in [4.69, 9.17) is 9.92 Å². The molecule has 14 heteroatoms. The summed E-state index contributed by atoms with van der Waals surface area (Å²) in [4.78, 5) is 1.49. The van der Waals surface area contributed by atoms with Gasteiger partial charge >= 0.3 is 0 Å². The highest BCUT2D eigenvalue weighted by molar-refractivity contribution is 7.87. The molecule has 11 nitrogen and oxygen atoms in total. The maximum Gasteiger partial charge on any atom is 0.296 e. The number of anilines is 1. The first-order valence-corrected chi connectivity index (χ1v) is 20.0. The fourth-order valence-electron chi connectivity index (χ4n) is 5.65. The monoisotopic (exact) mass is 748 g/mol. The predicted molar refractivity (Wildman–Crippen MR) is 195 cm³/mol. The SMILES string of the molecule is CCOS(=O)(=O)c1cccc(C(N)=c2ccc(=C(c3ccc(N(CC)Cc4cccc(S(=O)(=O)O)c4)cc3)c3ccccc3S(=O)(=O)O)cc2)c1. The Labute approximate surface area is 297 Å². The molecule has 0 unspecified atom stereocenters. The van der Waals surface area contributed by atoms with E-state index in [1.54, 1.807) is 67.6 Å². The largest absolute Gasteiger partial charge is 0.398 e. The molecular formula is C37H36N2O9S3. The number of nitrogens with two attached hydrogens (primary N) is 1. The third-order valence-electron chi connectivity index (χ3n) is 8.10. The number of rotatable bonds is 12. The fourth-order valence-corrected chi connectivity index (χ4v) is 7.86. The summed E-state index contributed by atoms with van der Waals surface area (Å²) in [6.07, 6.45) is 0. The van der Waals surface area contributed by atoms with E-state index in [0.717, 1.165) is 5.69 Å². The molecule has 0 amide bonds. The Balaban J connectivity index is 1.61. The van der Waals surface area contributed by atoms with Crippen molar-refractivity contribution in [3.8, 4) is 0 Å². The second-order valence-corrected chi connectivity index (χ2v) is 15.8. The number of benzene rings is 5. The summed E-state index contributed by atoms with van der Waals surface area (Å²) in [5, 5.41) is 1.19. The molecule has 0 radical (unpaired) electrons. The van der Waals surface area contributed by atoms with E-state index in [0.29, 0.717) is 51.5 Å². The number of hydrogen-bond donors (Lipinski definition) is 3. The molecule has 0 aliphatic rings. The van der Waals surface area contributed by atoms with Crippen molar-refractivity contribution < 1.29 is 38.5 Å². The highest BCUT2D eigenvalue weighted by atomic mass is 32.2. The van der Waals surface area contributed by atoms with Crippen molar-refractivity contribution in [2.75, 3.05) is 18.1 Å². The van der Waals surface area contributed by atoms with Gasteiger partial charge in [-0.05, 0) is 89.0 Å². The van der Waals surface area contributed by atoms with E-state index >= 15 is 0 Å². The Bertz CT molecular complexity index is 2510. The maximum atomic E-state index is 12.5. The summed E-state index contributed by atoms with van der Waals surface area (Å²) in [6.45, 7) is 4.42. The molecule has 0 aliphatic carbocycles. The van der Waals surface area contributed by atoms with Crippen molar-refractivity contribution >= 4 is 47.3 Å². The molecular weight excluding hydrogens is 713 g/mol. The zero-order valence-electron chi connectivity index (χ0n) is 27.7. The van der Waals surface area contributed by atoms with Crippen molar-refractivity contribution in [1.29, 1.82) is 0 Å². The lowest BCUT2D eigenvalue weighted by Gasteiger charge is -2.24. The van der Waals surface area contributed by atoms with Crippen LogP contribution >= 0.6 is 0 Å². The van der Waals surface area contributed by atoms with Crippen LogP contribution in [0.5, 0.6) is 0 Å². The lowest BCUT2D eigenvalue weighted by atomic mass is 9.94. The molecule has 0 atom stereocenters. The van der Waals surface area contributed by atoms with Crippen molar-refractivity contribution in [3.63, 3.8) is 0 Å². The zero-order chi connectivity index (χ0) is 37.0. The van der Waals surface area contributed by atoms with Gasteiger partial charge in [-0.15, -0.1) is 0 Å². The summed E-state index contributed by atoms with van der Waals surface area (Å²) in [5.74, 6) is 0.